The number of halogens is 2. The van der Waals surface area contributed by atoms with Crippen molar-refractivity contribution in [3.05, 3.63) is 50.9 Å². The van der Waals surface area contributed by atoms with Crippen LogP contribution in [0.15, 0.2) is 45.3 Å². The zero-order chi connectivity index (χ0) is 15.5. The molecule has 3 rings (SSSR count). The summed E-state index contributed by atoms with van der Waals surface area (Å²) in [4.78, 5) is 12.8. The van der Waals surface area contributed by atoms with Crippen LogP contribution >= 0.6 is 39.0 Å². The van der Waals surface area contributed by atoms with E-state index in [2.05, 4.69) is 31.5 Å². The molecular weight excluding hydrogens is 391 g/mol. The number of ketones is 1. The van der Waals surface area contributed by atoms with E-state index in [0.29, 0.717) is 15.7 Å². The SMILES string of the molecule is O=C(CSc1nnnn1-c1cccc(F)c1)c1ccc(Br)s1. The average molecular weight is 399 g/mol. The molecule has 112 valence electrons. The Kier molecular flexibility index (Phi) is 4.65. The molecule has 0 radical (unpaired) electrons. The van der Waals surface area contributed by atoms with E-state index in [1.807, 2.05) is 6.07 Å². The predicted molar refractivity (Wildman–Crippen MR) is 86.2 cm³/mol. The summed E-state index contributed by atoms with van der Waals surface area (Å²) in [5, 5.41) is 11.7. The lowest BCUT2D eigenvalue weighted by atomic mass is 10.3. The standard InChI is InChI=1S/C13H8BrFN4OS2/c14-12-5-4-11(22-12)10(20)7-21-13-16-17-18-19(13)9-3-1-2-8(15)6-9/h1-6H,7H2. The summed E-state index contributed by atoms with van der Waals surface area (Å²) in [6.45, 7) is 0. The summed E-state index contributed by atoms with van der Waals surface area (Å²) >= 11 is 5.92. The van der Waals surface area contributed by atoms with Gasteiger partial charge < -0.3 is 0 Å². The van der Waals surface area contributed by atoms with Gasteiger partial charge in [-0.2, -0.15) is 4.68 Å². The first-order chi connectivity index (χ1) is 10.6. The van der Waals surface area contributed by atoms with E-state index >= 15 is 0 Å². The molecule has 0 unspecified atom stereocenters. The summed E-state index contributed by atoms with van der Waals surface area (Å²) in [6, 6.07) is 9.56. The van der Waals surface area contributed by atoms with Gasteiger partial charge in [0.15, 0.2) is 5.78 Å². The highest BCUT2D eigenvalue weighted by molar-refractivity contribution is 9.11. The molecule has 3 aromatic rings. The van der Waals surface area contributed by atoms with Crippen molar-refractivity contribution in [2.75, 3.05) is 5.75 Å². The molecular formula is C13H8BrFN4OS2. The lowest BCUT2D eigenvalue weighted by Crippen LogP contribution is -2.03. The Morgan fingerprint density at radius 3 is 2.95 bits per heavy atom. The van der Waals surface area contributed by atoms with Crippen molar-refractivity contribution in [3.8, 4) is 5.69 Å². The molecule has 2 aromatic heterocycles. The largest absolute Gasteiger partial charge is 0.292 e. The lowest BCUT2D eigenvalue weighted by Gasteiger charge is -2.03. The Balaban J connectivity index is 1.74. The first-order valence-electron chi connectivity index (χ1n) is 6.09. The van der Waals surface area contributed by atoms with Crippen molar-refractivity contribution in [3.63, 3.8) is 0 Å². The van der Waals surface area contributed by atoms with Crippen LogP contribution in [0.5, 0.6) is 0 Å². The summed E-state index contributed by atoms with van der Waals surface area (Å²) in [5.74, 6) is -0.166. The quantitative estimate of drug-likeness (QED) is 0.485. The van der Waals surface area contributed by atoms with Crippen LogP contribution in [0.3, 0.4) is 0 Å². The molecule has 0 aliphatic heterocycles. The van der Waals surface area contributed by atoms with Gasteiger partial charge in [-0.1, -0.05) is 17.8 Å². The van der Waals surface area contributed by atoms with Gasteiger partial charge in [-0.25, -0.2) is 4.39 Å². The molecule has 0 saturated carbocycles. The summed E-state index contributed by atoms with van der Waals surface area (Å²) in [5.41, 5.74) is 0.513. The molecule has 0 spiro atoms. The highest BCUT2D eigenvalue weighted by Crippen LogP contribution is 2.25. The van der Waals surface area contributed by atoms with Crippen molar-refractivity contribution in [2.45, 2.75) is 5.16 Å². The second-order valence-corrected chi connectivity index (χ2v) is 7.57. The Morgan fingerprint density at radius 2 is 2.23 bits per heavy atom. The first-order valence-corrected chi connectivity index (χ1v) is 8.68. The number of Topliss-reactive ketones (excluding diaryl/α,β-unsaturated/α-hetero) is 1. The van der Waals surface area contributed by atoms with Crippen LogP contribution in [0.1, 0.15) is 9.67 Å². The van der Waals surface area contributed by atoms with E-state index in [1.165, 1.54) is 39.9 Å². The molecule has 22 heavy (non-hydrogen) atoms. The number of hydrogen-bond donors (Lipinski definition) is 0. The van der Waals surface area contributed by atoms with Crippen LogP contribution in [0.4, 0.5) is 4.39 Å². The number of carbonyl (C=O) groups is 1. The molecule has 0 bridgehead atoms. The minimum atomic E-state index is -0.372. The van der Waals surface area contributed by atoms with E-state index in [0.717, 1.165) is 3.79 Å². The zero-order valence-corrected chi connectivity index (χ0v) is 14.2. The zero-order valence-electron chi connectivity index (χ0n) is 10.9. The maximum atomic E-state index is 13.3. The summed E-state index contributed by atoms with van der Waals surface area (Å²) < 4.78 is 15.6. The molecule has 0 amide bonds. The minimum Gasteiger partial charge on any atom is -0.292 e. The molecule has 0 aliphatic rings. The van der Waals surface area contributed by atoms with Crippen LogP contribution in [0, 0.1) is 5.82 Å². The second-order valence-electron chi connectivity index (χ2n) is 4.17. The summed E-state index contributed by atoms with van der Waals surface area (Å²) in [6.07, 6.45) is 0. The summed E-state index contributed by atoms with van der Waals surface area (Å²) in [7, 11) is 0. The Labute approximate surface area is 141 Å². The number of nitrogens with zero attached hydrogens (tertiary/aromatic N) is 4. The Hall–Kier alpha value is -1.58. The number of tetrazole rings is 1. The normalized spacial score (nSPS) is 10.8. The van der Waals surface area contributed by atoms with Crippen LogP contribution in [0.25, 0.3) is 5.69 Å². The fourth-order valence-corrected chi connectivity index (χ4v) is 3.89. The van der Waals surface area contributed by atoms with Gasteiger partial charge in [0.1, 0.15) is 5.82 Å². The average Bonchev–Trinajstić information content (AvgIpc) is 3.13. The minimum absolute atomic E-state index is 0.00510. The van der Waals surface area contributed by atoms with Gasteiger partial charge in [0.25, 0.3) is 0 Å². The highest BCUT2D eigenvalue weighted by atomic mass is 79.9. The maximum Gasteiger partial charge on any atom is 0.214 e. The maximum absolute atomic E-state index is 13.3. The van der Waals surface area contributed by atoms with Gasteiger partial charge in [-0.15, -0.1) is 16.4 Å². The smallest absolute Gasteiger partial charge is 0.214 e. The van der Waals surface area contributed by atoms with Crippen LogP contribution < -0.4 is 0 Å². The molecule has 1 aromatic carbocycles. The van der Waals surface area contributed by atoms with Gasteiger partial charge in [0.2, 0.25) is 5.16 Å². The van der Waals surface area contributed by atoms with Crippen LogP contribution in [-0.2, 0) is 0 Å². The Morgan fingerprint density at radius 1 is 1.36 bits per heavy atom. The molecule has 9 heteroatoms. The van der Waals surface area contributed by atoms with Crippen LogP contribution in [-0.4, -0.2) is 31.7 Å². The Bertz CT molecular complexity index is 820. The number of thioether (sulfide) groups is 1. The van der Waals surface area contributed by atoms with Gasteiger partial charge in [0.05, 0.1) is 20.1 Å². The van der Waals surface area contributed by atoms with Gasteiger partial charge in [0, 0.05) is 0 Å². The van der Waals surface area contributed by atoms with Crippen molar-refractivity contribution in [1.82, 2.24) is 20.2 Å². The topological polar surface area (TPSA) is 60.7 Å². The molecule has 0 atom stereocenters. The van der Waals surface area contributed by atoms with Crippen LogP contribution in [0.2, 0.25) is 0 Å². The van der Waals surface area contributed by atoms with Gasteiger partial charge in [-0.05, 0) is 56.7 Å². The van der Waals surface area contributed by atoms with E-state index in [4.69, 9.17) is 0 Å². The predicted octanol–water partition coefficient (Wildman–Crippen LogP) is 3.60. The molecule has 5 nitrogen and oxygen atoms in total. The highest BCUT2D eigenvalue weighted by Gasteiger charge is 2.14. The van der Waals surface area contributed by atoms with Crippen molar-refractivity contribution in [2.24, 2.45) is 0 Å². The molecule has 0 fully saturated rings. The fourth-order valence-electron chi connectivity index (χ4n) is 1.70. The fraction of sp³-hybridized carbons (Fsp3) is 0.0769. The molecule has 0 aliphatic carbocycles. The second kappa shape index (κ2) is 6.67. The van der Waals surface area contributed by atoms with Crippen molar-refractivity contribution >= 4 is 44.8 Å². The first kappa shape index (κ1) is 15.3. The lowest BCUT2D eigenvalue weighted by molar-refractivity contribution is 0.102. The number of hydrogen-bond acceptors (Lipinski definition) is 6. The van der Waals surface area contributed by atoms with Crippen molar-refractivity contribution in [1.29, 1.82) is 0 Å². The molecule has 2 heterocycles. The number of benzene rings is 1. The monoisotopic (exact) mass is 398 g/mol. The van der Waals surface area contributed by atoms with E-state index in [-0.39, 0.29) is 17.4 Å². The van der Waals surface area contributed by atoms with Gasteiger partial charge >= 0.3 is 0 Å². The third-order valence-electron chi connectivity index (χ3n) is 2.67. The van der Waals surface area contributed by atoms with E-state index < -0.39 is 0 Å². The number of thiophene rings is 1. The van der Waals surface area contributed by atoms with E-state index in [1.54, 1.807) is 18.2 Å². The van der Waals surface area contributed by atoms with Crippen molar-refractivity contribution < 1.29 is 9.18 Å². The third-order valence-corrected chi connectivity index (χ3v) is 5.26. The third kappa shape index (κ3) is 3.42. The molecule has 0 N–H and O–H groups in total. The number of aromatic nitrogens is 4. The number of carbonyl (C=O) groups excluding carboxylic acids is 1. The van der Waals surface area contributed by atoms with Gasteiger partial charge in [-0.3, -0.25) is 4.79 Å². The molecule has 0 saturated heterocycles. The van der Waals surface area contributed by atoms with E-state index in [9.17, 15) is 9.18 Å². The number of rotatable bonds is 5.